The predicted molar refractivity (Wildman–Crippen MR) is 77.3 cm³/mol. The molecular weight excluding hydrogens is 264 g/mol. The van der Waals surface area contributed by atoms with Crippen molar-refractivity contribution in [1.29, 1.82) is 0 Å². The molecule has 0 saturated carbocycles. The van der Waals surface area contributed by atoms with Gasteiger partial charge in [0.15, 0.2) is 5.82 Å². The van der Waals surface area contributed by atoms with Crippen molar-refractivity contribution in [2.75, 3.05) is 20.3 Å². The largest absolute Gasteiger partial charge is 0.383 e. The monoisotopic (exact) mass is 282 g/mol. The van der Waals surface area contributed by atoms with Crippen LogP contribution in [0.4, 0.5) is 0 Å². The first-order valence-corrected chi connectivity index (χ1v) is 6.03. The average molecular weight is 283 g/mol. The lowest BCUT2D eigenvalue weighted by molar-refractivity contribution is 0.182. The summed E-state index contributed by atoms with van der Waals surface area (Å²) < 4.78 is 6.95. The number of ether oxygens (including phenoxy) is 1. The van der Waals surface area contributed by atoms with Gasteiger partial charge in [-0.05, 0) is 6.54 Å². The Bertz CT molecular complexity index is 487. The SMILES string of the molecule is COCCn1nc(-c2ccccc2)nc1CCN.Cl. The molecule has 0 unspecified atom stereocenters. The topological polar surface area (TPSA) is 66.0 Å². The lowest BCUT2D eigenvalue weighted by Gasteiger charge is -2.03. The van der Waals surface area contributed by atoms with E-state index in [0.29, 0.717) is 19.7 Å². The fourth-order valence-electron chi connectivity index (χ4n) is 1.75. The molecule has 1 aromatic carbocycles. The van der Waals surface area contributed by atoms with Crippen molar-refractivity contribution in [3.8, 4) is 11.4 Å². The summed E-state index contributed by atoms with van der Waals surface area (Å²) in [5, 5.41) is 4.51. The zero-order valence-electron chi connectivity index (χ0n) is 11.0. The van der Waals surface area contributed by atoms with Crippen LogP contribution < -0.4 is 5.73 Å². The van der Waals surface area contributed by atoms with E-state index < -0.39 is 0 Å². The van der Waals surface area contributed by atoms with E-state index in [2.05, 4.69) is 10.1 Å². The molecule has 2 rings (SSSR count). The third-order valence-corrected chi connectivity index (χ3v) is 2.66. The Kier molecular flexibility index (Phi) is 6.49. The normalized spacial score (nSPS) is 10.2. The Balaban J connectivity index is 0.00000180. The molecule has 2 aromatic rings. The number of aromatic nitrogens is 3. The van der Waals surface area contributed by atoms with Gasteiger partial charge in [-0.25, -0.2) is 9.67 Å². The number of nitrogens with zero attached hydrogens (tertiary/aromatic N) is 3. The van der Waals surface area contributed by atoms with Crippen LogP contribution in [0, 0.1) is 0 Å². The lowest BCUT2D eigenvalue weighted by atomic mass is 10.2. The highest BCUT2D eigenvalue weighted by atomic mass is 35.5. The first kappa shape index (κ1) is 15.6. The second-order valence-electron chi connectivity index (χ2n) is 3.97. The Morgan fingerprint density at radius 2 is 2.00 bits per heavy atom. The van der Waals surface area contributed by atoms with Gasteiger partial charge in [-0.3, -0.25) is 0 Å². The summed E-state index contributed by atoms with van der Waals surface area (Å²) in [6, 6.07) is 9.94. The Labute approximate surface area is 119 Å². The minimum absolute atomic E-state index is 0. The molecule has 19 heavy (non-hydrogen) atoms. The van der Waals surface area contributed by atoms with Gasteiger partial charge in [0.05, 0.1) is 13.2 Å². The van der Waals surface area contributed by atoms with Crippen molar-refractivity contribution in [1.82, 2.24) is 14.8 Å². The third kappa shape index (κ3) is 4.02. The lowest BCUT2D eigenvalue weighted by Crippen LogP contribution is -2.13. The molecule has 0 aliphatic rings. The standard InChI is InChI=1S/C13H18N4O.ClH/c1-18-10-9-17-12(7-8-14)15-13(16-17)11-5-3-2-4-6-11;/h2-6H,7-10,14H2,1H3;1H. The summed E-state index contributed by atoms with van der Waals surface area (Å²) in [6.07, 6.45) is 0.726. The molecular formula is C13H19ClN4O. The Morgan fingerprint density at radius 3 is 2.63 bits per heavy atom. The smallest absolute Gasteiger partial charge is 0.181 e. The first-order valence-electron chi connectivity index (χ1n) is 6.03. The molecule has 6 heteroatoms. The Hall–Kier alpha value is -1.43. The van der Waals surface area contributed by atoms with Crippen LogP contribution in [-0.4, -0.2) is 35.0 Å². The van der Waals surface area contributed by atoms with Gasteiger partial charge >= 0.3 is 0 Å². The third-order valence-electron chi connectivity index (χ3n) is 2.66. The van der Waals surface area contributed by atoms with Crippen LogP contribution in [0.2, 0.25) is 0 Å². The van der Waals surface area contributed by atoms with Crippen LogP contribution in [0.1, 0.15) is 5.82 Å². The minimum Gasteiger partial charge on any atom is -0.383 e. The summed E-state index contributed by atoms with van der Waals surface area (Å²) in [5.41, 5.74) is 6.61. The molecule has 0 aliphatic carbocycles. The summed E-state index contributed by atoms with van der Waals surface area (Å²) in [6.45, 7) is 1.89. The van der Waals surface area contributed by atoms with Crippen molar-refractivity contribution in [3.63, 3.8) is 0 Å². The van der Waals surface area contributed by atoms with Crippen molar-refractivity contribution in [2.45, 2.75) is 13.0 Å². The number of halogens is 1. The van der Waals surface area contributed by atoms with Gasteiger partial charge in [-0.1, -0.05) is 30.3 Å². The van der Waals surface area contributed by atoms with E-state index in [0.717, 1.165) is 23.6 Å². The van der Waals surface area contributed by atoms with E-state index in [9.17, 15) is 0 Å². The van der Waals surface area contributed by atoms with Crippen molar-refractivity contribution >= 4 is 12.4 Å². The molecule has 2 N–H and O–H groups in total. The number of rotatable bonds is 6. The van der Waals surface area contributed by atoms with Crippen LogP contribution >= 0.6 is 12.4 Å². The number of hydrogen-bond acceptors (Lipinski definition) is 4. The van der Waals surface area contributed by atoms with Gasteiger partial charge in [-0.15, -0.1) is 12.4 Å². The van der Waals surface area contributed by atoms with E-state index in [1.807, 2.05) is 35.0 Å². The predicted octanol–water partition coefficient (Wildman–Crippen LogP) is 1.51. The van der Waals surface area contributed by atoms with Gasteiger partial charge in [0, 0.05) is 19.1 Å². The van der Waals surface area contributed by atoms with Crippen LogP contribution in [0.25, 0.3) is 11.4 Å². The van der Waals surface area contributed by atoms with Gasteiger partial charge in [0.25, 0.3) is 0 Å². The maximum Gasteiger partial charge on any atom is 0.181 e. The van der Waals surface area contributed by atoms with Crippen LogP contribution in [-0.2, 0) is 17.7 Å². The number of nitrogens with two attached hydrogens (primary N) is 1. The quantitative estimate of drug-likeness (QED) is 0.872. The molecule has 0 spiro atoms. The van der Waals surface area contributed by atoms with E-state index in [1.165, 1.54) is 0 Å². The minimum atomic E-state index is 0. The van der Waals surface area contributed by atoms with Gasteiger partial charge < -0.3 is 10.5 Å². The van der Waals surface area contributed by atoms with Gasteiger partial charge in [0.2, 0.25) is 0 Å². The summed E-state index contributed by atoms with van der Waals surface area (Å²) in [7, 11) is 1.68. The number of methoxy groups -OCH3 is 1. The average Bonchev–Trinajstić information content (AvgIpc) is 2.81. The second kappa shape index (κ2) is 7.89. The molecule has 0 bridgehead atoms. The molecule has 0 amide bonds. The first-order chi connectivity index (χ1) is 8.85. The van der Waals surface area contributed by atoms with Crippen molar-refractivity contribution < 1.29 is 4.74 Å². The van der Waals surface area contributed by atoms with Crippen molar-refractivity contribution in [2.24, 2.45) is 5.73 Å². The molecule has 5 nitrogen and oxygen atoms in total. The molecule has 1 heterocycles. The van der Waals surface area contributed by atoms with Crippen molar-refractivity contribution in [3.05, 3.63) is 36.2 Å². The zero-order valence-corrected chi connectivity index (χ0v) is 11.8. The van der Waals surface area contributed by atoms with Crippen LogP contribution in [0.5, 0.6) is 0 Å². The maximum absolute atomic E-state index is 5.59. The highest BCUT2D eigenvalue weighted by Crippen LogP contribution is 2.15. The summed E-state index contributed by atoms with van der Waals surface area (Å²) in [4.78, 5) is 4.54. The molecule has 0 radical (unpaired) electrons. The fourth-order valence-corrected chi connectivity index (χ4v) is 1.75. The zero-order chi connectivity index (χ0) is 12.8. The van der Waals surface area contributed by atoms with Gasteiger partial charge in [0.1, 0.15) is 5.82 Å². The molecule has 0 fully saturated rings. The fraction of sp³-hybridized carbons (Fsp3) is 0.385. The summed E-state index contributed by atoms with van der Waals surface area (Å²) in [5.74, 6) is 1.66. The van der Waals surface area contributed by atoms with E-state index in [-0.39, 0.29) is 12.4 Å². The van der Waals surface area contributed by atoms with E-state index >= 15 is 0 Å². The highest BCUT2D eigenvalue weighted by molar-refractivity contribution is 5.85. The van der Waals surface area contributed by atoms with E-state index in [1.54, 1.807) is 7.11 Å². The molecule has 104 valence electrons. The Morgan fingerprint density at radius 1 is 1.26 bits per heavy atom. The molecule has 0 saturated heterocycles. The molecule has 1 aromatic heterocycles. The van der Waals surface area contributed by atoms with Crippen LogP contribution in [0.3, 0.4) is 0 Å². The highest BCUT2D eigenvalue weighted by Gasteiger charge is 2.10. The number of benzene rings is 1. The second-order valence-corrected chi connectivity index (χ2v) is 3.97. The molecule has 0 aliphatic heterocycles. The van der Waals surface area contributed by atoms with Crippen LogP contribution in [0.15, 0.2) is 30.3 Å². The van der Waals surface area contributed by atoms with E-state index in [4.69, 9.17) is 10.5 Å². The number of hydrogen-bond donors (Lipinski definition) is 1. The maximum atomic E-state index is 5.59. The summed E-state index contributed by atoms with van der Waals surface area (Å²) >= 11 is 0. The molecule has 0 atom stereocenters. The van der Waals surface area contributed by atoms with Gasteiger partial charge in [-0.2, -0.15) is 5.10 Å².